The van der Waals surface area contributed by atoms with Gasteiger partial charge in [-0.2, -0.15) is 0 Å². The van der Waals surface area contributed by atoms with Crippen molar-refractivity contribution in [2.45, 2.75) is 84.0 Å². The molecule has 1 aliphatic heterocycles. The van der Waals surface area contributed by atoms with Crippen LogP contribution in [0.5, 0.6) is 0 Å². The van der Waals surface area contributed by atoms with Crippen LogP contribution in [-0.2, 0) is 6.42 Å². The highest BCUT2D eigenvalue weighted by atomic mass is 15.0. The van der Waals surface area contributed by atoms with Gasteiger partial charge in [-0.05, 0) is 117 Å². The molecule has 6 aliphatic rings. The third-order valence-corrected chi connectivity index (χ3v) is 9.81. The van der Waals surface area contributed by atoms with Gasteiger partial charge >= 0.3 is 0 Å². The Kier molecular flexibility index (Phi) is 3.85. The molecule has 3 fully saturated rings. The van der Waals surface area contributed by atoms with Crippen molar-refractivity contribution in [3.05, 3.63) is 53.5 Å². The van der Waals surface area contributed by atoms with E-state index in [9.17, 15) is 0 Å². The fourth-order valence-electron chi connectivity index (χ4n) is 7.84. The van der Waals surface area contributed by atoms with E-state index in [1.54, 1.807) is 11.3 Å². The first-order chi connectivity index (χ1) is 15.1. The number of hydrogen-bond donors (Lipinski definition) is 0. The average molecular weight is 411 g/mol. The largest absolute Gasteiger partial charge is 0.312 e. The van der Waals surface area contributed by atoms with Crippen LogP contribution in [-0.4, -0.2) is 9.55 Å². The molecule has 5 aliphatic carbocycles. The van der Waals surface area contributed by atoms with Crippen molar-refractivity contribution in [2.24, 2.45) is 16.7 Å². The molecule has 1 unspecified atom stereocenters. The van der Waals surface area contributed by atoms with Gasteiger partial charge in [-0.3, -0.25) is 4.98 Å². The summed E-state index contributed by atoms with van der Waals surface area (Å²) in [6.45, 7) is 2.55. The van der Waals surface area contributed by atoms with E-state index < -0.39 is 0 Å². The van der Waals surface area contributed by atoms with Gasteiger partial charge in [0, 0.05) is 23.5 Å². The van der Waals surface area contributed by atoms with Gasteiger partial charge in [-0.25, -0.2) is 0 Å². The van der Waals surface area contributed by atoms with Crippen LogP contribution in [0, 0.1) is 16.7 Å². The lowest BCUT2D eigenvalue weighted by atomic mass is 9.52. The minimum atomic E-state index is 0.674. The Hall–Kier alpha value is -2.09. The molecule has 3 saturated carbocycles. The molecule has 31 heavy (non-hydrogen) atoms. The van der Waals surface area contributed by atoms with E-state index in [1.807, 2.05) is 6.20 Å². The quantitative estimate of drug-likeness (QED) is 0.496. The maximum absolute atomic E-state index is 4.48. The van der Waals surface area contributed by atoms with E-state index in [-0.39, 0.29) is 0 Å². The van der Waals surface area contributed by atoms with Crippen molar-refractivity contribution in [3.63, 3.8) is 0 Å². The van der Waals surface area contributed by atoms with Gasteiger partial charge in [0.1, 0.15) is 0 Å². The second-order valence-corrected chi connectivity index (χ2v) is 11.7. The summed E-state index contributed by atoms with van der Waals surface area (Å²) in [6.07, 6.45) is 28.0. The number of aryl methyl sites for hydroxylation is 1. The van der Waals surface area contributed by atoms with Crippen molar-refractivity contribution >= 4 is 22.2 Å². The van der Waals surface area contributed by atoms with E-state index in [0.717, 1.165) is 18.8 Å². The van der Waals surface area contributed by atoms with Crippen LogP contribution in [0.4, 0.5) is 0 Å². The van der Waals surface area contributed by atoms with Crippen LogP contribution in [0.15, 0.2) is 42.3 Å². The summed E-state index contributed by atoms with van der Waals surface area (Å²) in [5, 5.41) is 1.37. The fourth-order valence-corrected chi connectivity index (χ4v) is 7.84. The third-order valence-electron chi connectivity index (χ3n) is 9.81. The summed E-state index contributed by atoms with van der Waals surface area (Å²) in [4.78, 5) is 4.48. The number of nitrogens with zero attached hydrogens (tertiary/aromatic N) is 2. The van der Waals surface area contributed by atoms with E-state index >= 15 is 0 Å². The molecule has 0 radical (unpaired) electrons. The second-order valence-electron chi connectivity index (χ2n) is 11.7. The monoisotopic (exact) mass is 410 g/mol. The Morgan fingerprint density at radius 2 is 1.90 bits per heavy atom. The second kappa shape index (κ2) is 6.47. The minimum Gasteiger partial charge on any atom is -0.312 e. The number of pyridine rings is 1. The first-order valence-electron chi connectivity index (χ1n) is 12.7. The maximum atomic E-state index is 4.48. The van der Waals surface area contributed by atoms with E-state index in [0.29, 0.717) is 10.8 Å². The number of rotatable bonds is 2. The molecule has 2 heteroatoms. The van der Waals surface area contributed by atoms with Crippen molar-refractivity contribution < 1.29 is 0 Å². The zero-order chi connectivity index (χ0) is 20.6. The van der Waals surface area contributed by atoms with Gasteiger partial charge in [0.2, 0.25) is 0 Å². The molecular formula is C29H34N2. The highest BCUT2D eigenvalue weighted by Gasteiger charge is 2.47. The van der Waals surface area contributed by atoms with Gasteiger partial charge in [0.15, 0.2) is 0 Å². The van der Waals surface area contributed by atoms with Crippen molar-refractivity contribution in [1.82, 2.24) is 9.55 Å². The number of aromatic nitrogens is 2. The molecule has 3 heterocycles. The molecule has 0 saturated heterocycles. The normalized spacial score (nSPS) is 33.8. The van der Waals surface area contributed by atoms with Crippen LogP contribution < -0.4 is 0 Å². The third kappa shape index (κ3) is 2.73. The van der Waals surface area contributed by atoms with E-state index in [4.69, 9.17) is 0 Å². The molecule has 0 N–H and O–H groups in total. The summed E-state index contributed by atoms with van der Waals surface area (Å²) in [7, 11) is 0. The SMILES string of the molecule is CC12CCC(CC3CCC4=C(C=CC5=CCCc6c5n4c4ccncc64)C3)(CC1)CC2. The number of fused-ring (bicyclic) bond motifs is 7. The Morgan fingerprint density at radius 1 is 1.06 bits per heavy atom. The van der Waals surface area contributed by atoms with Crippen LogP contribution in [0.3, 0.4) is 0 Å². The van der Waals surface area contributed by atoms with Crippen LogP contribution >= 0.6 is 0 Å². The predicted molar refractivity (Wildman–Crippen MR) is 129 cm³/mol. The molecule has 8 rings (SSSR count). The number of allylic oxidation sites excluding steroid dienone is 6. The lowest BCUT2D eigenvalue weighted by Gasteiger charge is -2.53. The maximum Gasteiger partial charge on any atom is 0.0567 e. The van der Waals surface area contributed by atoms with Gasteiger partial charge in [-0.15, -0.1) is 0 Å². The number of hydrogen-bond acceptors (Lipinski definition) is 1. The molecule has 2 bridgehead atoms. The lowest BCUT2D eigenvalue weighted by Crippen LogP contribution is -2.41. The zero-order valence-corrected chi connectivity index (χ0v) is 18.9. The Balaban J connectivity index is 1.26. The Morgan fingerprint density at radius 3 is 2.74 bits per heavy atom. The van der Waals surface area contributed by atoms with Gasteiger partial charge in [0.05, 0.1) is 11.2 Å². The molecule has 1 atom stereocenters. The molecule has 0 spiro atoms. The summed E-state index contributed by atoms with van der Waals surface area (Å²) in [5.74, 6) is 0.868. The van der Waals surface area contributed by atoms with E-state index in [1.165, 1.54) is 91.9 Å². The van der Waals surface area contributed by atoms with Crippen molar-refractivity contribution in [3.8, 4) is 0 Å². The summed E-state index contributed by atoms with van der Waals surface area (Å²) >= 11 is 0. The standard InChI is InChI=1S/C29H34N2/c1-28-10-13-29(14-11-28,15-12-28)18-20-5-8-25-22(17-20)7-6-21-3-2-4-23-24-19-30-16-9-26(24)31(25)27(21)23/h3,6-7,9,16,19-20H,2,4-5,8,10-15,17-18H2,1H3. The van der Waals surface area contributed by atoms with E-state index in [2.05, 4.69) is 47.0 Å². The Bertz CT molecular complexity index is 1150. The Labute approximate surface area is 186 Å². The van der Waals surface area contributed by atoms with Crippen molar-refractivity contribution in [2.75, 3.05) is 0 Å². The zero-order valence-electron chi connectivity index (χ0n) is 18.9. The van der Waals surface area contributed by atoms with Gasteiger partial charge < -0.3 is 4.57 Å². The molecule has 2 aromatic heterocycles. The van der Waals surface area contributed by atoms with Gasteiger partial charge in [0.25, 0.3) is 0 Å². The molecular weight excluding hydrogens is 376 g/mol. The summed E-state index contributed by atoms with van der Waals surface area (Å²) in [5.41, 5.74) is 10.3. The van der Waals surface area contributed by atoms with Crippen LogP contribution in [0.1, 0.15) is 88.8 Å². The van der Waals surface area contributed by atoms with Crippen LogP contribution in [0.25, 0.3) is 22.2 Å². The molecule has 2 aromatic rings. The molecule has 0 amide bonds. The van der Waals surface area contributed by atoms with Crippen molar-refractivity contribution in [1.29, 1.82) is 0 Å². The van der Waals surface area contributed by atoms with Gasteiger partial charge in [-0.1, -0.05) is 25.2 Å². The highest BCUT2D eigenvalue weighted by molar-refractivity contribution is 5.96. The minimum absolute atomic E-state index is 0.674. The summed E-state index contributed by atoms with van der Waals surface area (Å²) < 4.78 is 2.63. The molecule has 160 valence electrons. The molecule has 0 aromatic carbocycles. The highest BCUT2D eigenvalue weighted by Crippen LogP contribution is 2.60. The molecule has 2 nitrogen and oxygen atoms in total. The lowest BCUT2D eigenvalue weighted by molar-refractivity contribution is -0.0141. The summed E-state index contributed by atoms with van der Waals surface area (Å²) in [6, 6.07) is 2.24. The first kappa shape index (κ1) is 18.5. The predicted octanol–water partition coefficient (Wildman–Crippen LogP) is 7.70. The first-order valence-corrected chi connectivity index (χ1v) is 12.7. The fraction of sp³-hybridized carbons (Fsp3) is 0.552. The average Bonchev–Trinajstić information content (AvgIpc) is 3.04. The smallest absolute Gasteiger partial charge is 0.0567 e. The van der Waals surface area contributed by atoms with Crippen LogP contribution in [0.2, 0.25) is 0 Å². The topological polar surface area (TPSA) is 17.8 Å².